The van der Waals surface area contributed by atoms with E-state index in [1.807, 2.05) is 18.2 Å². The number of benzene rings is 2. The highest BCUT2D eigenvalue weighted by Gasteiger charge is 2.12. The van der Waals surface area contributed by atoms with Crippen molar-refractivity contribution >= 4 is 43.7 Å². The van der Waals surface area contributed by atoms with E-state index in [0.29, 0.717) is 5.56 Å². The SMILES string of the molecule is CCn1c2ccc(Br)cc2c2cc(C(=O)O)ccc21. The number of hydrogen-bond acceptors (Lipinski definition) is 1. The van der Waals surface area contributed by atoms with Gasteiger partial charge in [0.2, 0.25) is 0 Å². The number of aryl methyl sites for hydroxylation is 1. The van der Waals surface area contributed by atoms with Crippen LogP contribution in [0.3, 0.4) is 0 Å². The summed E-state index contributed by atoms with van der Waals surface area (Å²) in [5, 5.41) is 11.2. The lowest BCUT2D eigenvalue weighted by atomic mass is 10.1. The molecule has 0 atom stereocenters. The molecule has 4 heteroatoms. The van der Waals surface area contributed by atoms with Gasteiger partial charge >= 0.3 is 5.97 Å². The minimum absolute atomic E-state index is 0.322. The number of carbonyl (C=O) groups is 1. The van der Waals surface area contributed by atoms with Crippen LogP contribution >= 0.6 is 15.9 Å². The summed E-state index contributed by atoms with van der Waals surface area (Å²) in [6, 6.07) is 11.4. The molecule has 0 fully saturated rings. The number of aromatic nitrogens is 1. The van der Waals surface area contributed by atoms with Gasteiger partial charge in [-0.05, 0) is 43.3 Å². The van der Waals surface area contributed by atoms with Gasteiger partial charge in [0.15, 0.2) is 0 Å². The third-order valence-corrected chi connectivity index (χ3v) is 3.88. The van der Waals surface area contributed by atoms with Gasteiger partial charge in [-0.25, -0.2) is 4.79 Å². The number of nitrogens with zero attached hydrogens (tertiary/aromatic N) is 1. The van der Waals surface area contributed by atoms with Crippen LogP contribution in [0.5, 0.6) is 0 Å². The molecule has 0 aliphatic heterocycles. The first-order valence-electron chi connectivity index (χ1n) is 6.06. The van der Waals surface area contributed by atoms with Crippen LogP contribution in [-0.4, -0.2) is 15.6 Å². The molecule has 3 aromatic rings. The number of rotatable bonds is 2. The van der Waals surface area contributed by atoms with E-state index in [-0.39, 0.29) is 0 Å². The molecule has 0 unspecified atom stereocenters. The zero-order valence-corrected chi connectivity index (χ0v) is 11.9. The fourth-order valence-electron chi connectivity index (χ4n) is 2.55. The van der Waals surface area contributed by atoms with E-state index in [1.165, 1.54) is 0 Å². The Morgan fingerprint density at radius 3 is 2.42 bits per heavy atom. The molecule has 96 valence electrons. The van der Waals surface area contributed by atoms with Crippen molar-refractivity contribution in [3.05, 3.63) is 46.4 Å². The Kier molecular flexibility index (Phi) is 2.82. The molecule has 0 spiro atoms. The smallest absolute Gasteiger partial charge is 0.335 e. The zero-order valence-electron chi connectivity index (χ0n) is 10.4. The molecule has 1 N–H and O–H groups in total. The van der Waals surface area contributed by atoms with E-state index in [2.05, 4.69) is 33.5 Å². The normalized spacial score (nSPS) is 11.3. The number of aromatic carboxylic acids is 1. The third-order valence-electron chi connectivity index (χ3n) is 3.39. The van der Waals surface area contributed by atoms with Crippen molar-refractivity contribution in [1.82, 2.24) is 4.57 Å². The molecular formula is C15H12BrNO2. The first-order chi connectivity index (χ1) is 9.11. The van der Waals surface area contributed by atoms with Crippen LogP contribution in [-0.2, 0) is 6.54 Å². The molecule has 19 heavy (non-hydrogen) atoms. The number of carboxylic acid groups (broad SMARTS) is 1. The Hall–Kier alpha value is -1.81. The van der Waals surface area contributed by atoms with Crippen molar-refractivity contribution in [2.45, 2.75) is 13.5 Å². The quantitative estimate of drug-likeness (QED) is 0.766. The fraction of sp³-hybridized carbons (Fsp3) is 0.133. The maximum atomic E-state index is 11.1. The Labute approximate surface area is 118 Å². The van der Waals surface area contributed by atoms with Gasteiger partial charge < -0.3 is 9.67 Å². The molecule has 1 aromatic heterocycles. The number of fused-ring (bicyclic) bond motifs is 3. The molecule has 0 aliphatic rings. The maximum absolute atomic E-state index is 11.1. The monoisotopic (exact) mass is 317 g/mol. The summed E-state index contributed by atoms with van der Waals surface area (Å²) in [4.78, 5) is 11.1. The Bertz CT molecular complexity index is 805. The van der Waals surface area contributed by atoms with E-state index >= 15 is 0 Å². The molecule has 0 bridgehead atoms. The minimum Gasteiger partial charge on any atom is -0.478 e. The lowest BCUT2D eigenvalue weighted by molar-refractivity contribution is 0.0697. The van der Waals surface area contributed by atoms with Crippen LogP contribution in [0, 0.1) is 0 Å². The molecule has 1 heterocycles. The highest BCUT2D eigenvalue weighted by molar-refractivity contribution is 9.10. The van der Waals surface area contributed by atoms with Crippen molar-refractivity contribution < 1.29 is 9.90 Å². The van der Waals surface area contributed by atoms with Crippen LogP contribution < -0.4 is 0 Å². The zero-order chi connectivity index (χ0) is 13.6. The van der Waals surface area contributed by atoms with Gasteiger partial charge in [-0.1, -0.05) is 15.9 Å². The van der Waals surface area contributed by atoms with Crippen molar-refractivity contribution in [2.24, 2.45) is 0 Å². The van der Waals surface area contributed by atoms with Crippen LogP contribution in [0.15, 0.2) is 40.9 Å². The Morgan fingerprint density at radius 1 is 1.16 bits per heavy atom. The fourth-order valence-corrected chi connectivity index (χ4v) is 2.91. The van der Waals surface area contributed by atoms with Gasteiger partial charge in [-0.3, -0.25) is 0 Å². The summed E-state index contributed by atoms with van der Waals surface area (Å²) in [7, 11) is 0. The van der Waals surface area contributed by atoms with E-state index in [4.69, 9.17) is 5.11 Å². The van der Waals surface area contributed by atoms with Gasteiger partial charge in [0.25, 0.3) is 0 Å². The standard InChI is InChI=1S/C15H12BrNO2/c1-2-17-13-5-3-9(15(18)19)7-11(13)12-8-10(16)4-6-14(12)17/h3-8H,2H2,1H3,(H,18,19). The summed E-state index contributed by atoms with van der Waals surface area (Å²) < 4.78 is 3.19. The molecule has 0 saturated carbocycles. The second-order valence-corrected chi connectivity index (χ2v) is 5.36. The van der Waals surface area contributed by atoms with E-state index in [0.717, 1.165) is 32.8 Å². The summed E-state index contributed by atoms with van der Waals surface area (Å²) in [6.07, 6.45) is 0. The highest BCUT2D eigenvalue weighted by atomic mass is 79.9. The average molecular weight is 318 g/mol. The molecule has 3 rings (SSSR count). The molecular weight excluding hydrogens is 306 g/mol. The highest BCUT2D eigenvalue weighted by Crippen LogP contribution is 2.31. The molecule has 0 radical (unpaired) electrons. The number of carboxylic acids is 1. The summed E-state index contributed by atoms with van der Waals surface area (Å²) in [5.41, 5.74) is 2.52. The summed E-state index contributed by atoms with van der Waals surface area (Å²) >= 11 is 3.47. The average Bonchev–Trinajstić information content (AvgIpc) is 2.71. The largest absolute Gasteiger partial charge is 0.478 e. The van der Waals surface area contributed by atoms with Crippen LogP contribution in [0.2, 0.25) is 0 Å². The summed E-state index contributed by atoms with van der Waals surface area (Å²) in [6.45, 7) is 2.94. The Balaban J connectivity index is 2.49. The molecule has 2 aromatic carbocycles. The third kappa shape index (κ3) is 1.83. The molecule has 0 amide bonds. The molecule has 0 aliphatic carbocycles. The van der Waals surface area contributed by atoms with Crippen LogP contribution in [0.4, 0.5) is 0 Å². The van der Waals surface area contributed by atoms with Gasteiger partial charge in [0.05, 0.1) is 5.56 Å². The van der Waals surface area contributed by atoms with Crippen LogP contribution in [0.1, 0.15) is 17.3 Å². The second-order valence-electron chi connectivity index (χ2n) is 4.44. The second kappa shape index (κ2) is 4.38. The first kappa shape index (κ1) is 12.2. The van der Waals surface area contributed by atoms with Crippen molar-refractivity contribution in [1.29, 1.82) is 0 Å². The minimum atomic E-state index is -0.894. The summed E-state index contributed by atoms with van der Waals surface area (Å²) in [5.74, 6) is -0.894. The predicted octanol–water partition coefficient (Wildman–Crippen LogP) is 4.28. The molecule has 3 nitrogen and oxygen atoms in total. The maximum Gasteiger partial charge on any atom is 0.335 e. The van der Waals surface area contributed by atoms with Crippen LogP contribution in [0.25, 0.3) is 21.8 Å². The van der Waals surface area contributed by atoms with E-state index in [9.17, 15) is 4.79 Å². The van der Waals surface area contributed by atoms with Gasteiger partial charge in [-0.15, -0.1) is 0 Å². The first-order valence-corrected chi connectivity index (χ1v) is 6.86. The lowest BCUT2D eigenvalue weighted by Crippen LogP contribution is -1.96. The predicted molar refractivity (Wildman–Crippen MR) is 79.8 cm³/mol. The van der Waals surface area contributed by atoms with Gasteiger partial charge in [0.1, 0.15) is 0 Å². The van der Waals surface area contributed by atoms with Crippen molar-refractivity contribution in [3.8, 4) is 0 Å². The number of halogens is 1. The molecule has 0 saturated heterocycles. The van der Waals surface area contributed by atoms with E-state index < -0.39 is 5.97 Å². The van der Waals surface area contributed by atoms with Crippen molar-refractivity contribution in [3.63, 3.8) is 0 Å². The number of hydrogen-bond donors (Lipinski definition) is 1. The van der Waals surface area contributed by atoms with Gasteiger partial charge in [-0.2, -0.15) is 0 Å². The van der Waals surface area contributed by atoms with Gasteiger partial charge in [0, 0.05) is 32.8 Å². The van der Waals surface area contributed by atoms with Crippen molar-refractivity contribution in [2.75, 3.05) is 0 Å². The topological polar surface area (TPSA) is 42.2 Å². The lowest BCUT2D eigenvalue weighted by Gasteiger charge is -2.02. The van der Waals surface area contributed by atoms with E-state index in [1.54, 1.807) is 12.1 Å². The Morgan fingerprint density at radius 2 is 1.79 bits per heavy atom.